The average molecular weight is 551 g/mol. The Kier molecular flexibility index (Phi) is 32.4. The van der Waals surface area contributed by atoms with Crippen molar-refractivity contribution in [2.24, 2.45) is 0 Å². The number of Topliss-reactive ketones (excluding diaryl/α,β-unsaturated/α-hetero) is 2. The van der Waals surface area contributed by atoms with Gasteiger partial charge < -0.3 is 19.8 Å². The summed E-state index contributed by atoms with van der Waals surface area (Å²) in [6, 6.07) is 0. The van der Waals surface area contributed by atoms with E-state index in [4.69, 9.17) is 6.15 Å². The zero-order valence-electron chi connectivity index (χ0n) is 19.7. The minimum atomic E-state index is -1.27. The number of carboxylic acid groups (broad SMARTS) is 2. The van der Waals surface area contributed by atoms with Crippen molar-refractivity contribution in [1.82, 2.24) is 0 Å². The molecule has 9 heteroatoms. The first-order valence-electron chi connectivity index (χ1n) is 11.2. The van der Waals surface area contributed by atoms with E-state index in [0.717, 1.165) is 64.6 Å². The van der Waals surface area contributed by atoms with Crippen LogP contribution in [0.1, 0.15) is 105 Å². The molecule has 0 unspecified atom stereocenters. The van der Waals surface area contributed by atoms with Crippen LogP contribution in [0, 0.1) is 0 Å². The van der Waals surface area contributed by atoms with E-state index in [1.54, 1.807) is 0 Å². The summed E-state index contributed by atoms with van der Waals surface area (Å²) >= 11 is -0.851. The van der Waals surface area contributed by atoms with Crippen molar-refractivity contribution >= 4 is 45.5 Å². The summed E-state index contributed by atoms with van der Waals surface area (Å²) in [7, 11) is 0. The van der Waals surface area contributed by atoms with E-state index in [0.29, 0.717) is 12.8 Å². The third-order valence-electron chi connectivity index (χ3n) is 3.53. The van der Waals surface area contributed by atoms with Gasteiger partial charge >= 0.3 is 68.0 Å². The van der Waals surface area contributed by atoms with Gasteiger partial charge in [0.2, 0.25) is 0 Å². The Bertz CT molecular complexity index is 415. The molecule has 0 aromatic rings. The molecule has 0 aliphatic heterocycles. The van der Waals surface area contributed by atoms with Gasteiger partial charge in [0.1, 0.15) is 11.6 Å². The van der Waals surface area contributed by atoms with Gasteiger partial charge in [0.05, 0.1) is 0 Å². The Morgan fingerprint density at radius 2 is 0.968 bits per heavy atom. The van der Waals surface area contributed by atoms with E-state index in [1.807, 2.05) is 13.8 Å². The topological polar surface area (TPSA) is 133 Å². The van der Waals surface area contributed by atoms with Crippen molar-refractivity contribution in [2.45, 2.75) is 105 Å². The van der Waals surface area contributed by atoms with Crippen LogP contribution in [0.4, 0.5) is 0 Å². The average Bonchev–Trinajstić information content (AvgIpc) is 2.68. The van der Waals surface area contributed by atoms with Crippen molar-refractivity contribution in [3.8, 4) is 0 Å². The Labute approximate surface area is 198 Å². The maximum atomic E-state index is 10.7. The van der Waals surface area contributed by atoms with Gasteiger partial charge in [0.15, 0.2) is 0 Å². The molecule has 31 heavy (non-hydrogen) atoms. The molecular weight excluding hydrogens is 511 g/mol. The Morgan fingerprint density at radius 1 is 0.613 bits per heavy atom. The van der Waals surface area contributed by atoms with Crippen LogP contribution in [-0.4, -0.2) is 58.7 Å². The number of carbonyl (C=O) groups excluding carboxylic acids is 4. The molecule has 0 fully saturated rings. The van der Waals surface area contributed by atoms with Crippen molar-refractivity contribution in [3.05, 3.63) is 0 Å². The van der Waals surface area contributed by atoms with Gasteiger partial charge in [-0.05, 0) is 12.8 Å². The number of rotatable bonds is 18. The molecule has 0 N–H and O–H groups in total. The molecule has 0 amide bonds. The Morgan fingerprint density at radius 3 is 1.23 bits per heavy atom. The molecule has 180 valence electrons. The minimum absolute atomic E-state index is 0.224. The Balaban J connectivity index is -0.000000382. The normalized spacial score (nSPS) is 9.42. The van der Waals surface area contributed by atoms with E-state index in [1.165, 1.54) is 0 Å². The molecule has 0 radical (unpaired) electrons. The number of hydrogen-bond acceptors (Lipinski definition) is 8. The first-order valence-corrected chi connectivity index (χ1v) is 13.5. The first-order chi connectivity index (χ1) is 14.7. The standard InChI is InChI=1S/2C8H14O3.2C3H7O.Sn/c2*1-2-3-4-5-7(9)6-8(10)11;2*1-2-3-4;/h2*2-6H2,1H3,(H,10,11);2*2-3H2,1H3;/q;;2*-1;+4/p-2. The van der Waals surface area contributed by atoms with E-state index >= 15 is 0 Å². The number of unbranched alkanes of at least 4 members (excludes halogenated alkanes) is 4. The number of hydrogen-bond donors (Lipinski definition) is 0. The molecular formula is C22H40O8Sn. The van der Waals surface area contributed by atoms with E-state index in [2.05, 4.69) is 13.8 Å². The van der Waals surface area contributed by atoms with E-state index in [-0.39, 0.29) is 11.6 Å². The fourth-order valence-corrected chi connectivity index (χ4v) is 3.85. The van der Waals surface area contributed by atoms with E-state index in [9.17, 15) is 29.4 Å². The SMILES string of the molecule is CCCCCC(=O)CC(=O)[O-].CCCCCC(=O)CC(=O)[O-].CCC[O][Sn+2][O]CCC. The van der Waals surface area contributed by atoms with Gasteiger partial charge in [0, 0.05) is 37.6 Å². The fourth-order valence-electron chi connectivity index (χ4n) is 1.97. The molecule has 0 saturated heterocycles. The van der Waals surface area contributed by atoms with Crippen LogP contribution >= 0.6 is 0 Å². The molecule has 0 spiro atoms. The van der Waals surface area contributed by atoms with Crippen molar-refractivity contribution in [2.75, 3.05) is 13.2 Å². The quantitative estimate of drug-likeness (QED) is 0.143. The number of carbonyl (C=O) groups is 4. The van der Waals surface area contributed by atoms with Crippen molar-refractivity contribution in [3.63, 3.8) is 0 Å². The van der Waals surface area contributed by atoms with Crippen LogP contribution in [0.25, 0.3) is 0 Å². The van der Waals surface area contributed by atoms with E-state index < -0.39 is 46.8 Å². The molecule has 0 saturated carbocycles. The van der Waals surface area contributed by atoms with Gasteiger partial charge in [-0.25, -0.2) is 0 Å². The van der Waals surface area contributed by atoms with Crippen molar-refractivity contribution < 1.29 is 35.5 Å². The van der Waals surface area contributed by atoms with Gasteiger partial charge in [-0.1, -0.05) is 39.5 Å². The summed E-state index contributed by atoms with van der Waals surface area (Å²) in [4.78, 5) is 41.2. The summed E-state index contributed by atoms with van der Waals surface area (Å²) in [6.45, 7) is 10.1. The third-order valence-corrected chi connectivity index (χ3v) is 5.37. The van der Waals surface area contributed by atoms with Crippen LogP contribution in [0.15, 0.2) is 0 Å². The monoisotopic (exact) mass is 552 g/mol. The second kappa shape index (κ2) is 29.0. The maximum absolute atomic E-state index is 10.7. The number of ketones is 2. The molecule has 0 rings (SSSR count). The number of carboxylic acids is 2. The summed E-state index contributed by atoms with van der Waals surface area (Å²) in [6.07, 6.45) is 7.75. The van der Waals surface area contributed by atoms with Crippen molar-refractivity contribution in [1.29, 1.82) is 0 Å². The zero-order valence-corrected chi connectivity index (χ0v) is 22.5. The first kappa shape index (κ1) is 34.6. The van der Waals surface area contributed by atoms with Gasteiger partial charge in [-0.2, -0.15) is 0 Å². The Hall–Kier alpha value is -1.00. The summed E-state index contributed by atoms with van der Waals surface area (Å²) < 4.78 is 10.5. The molecule has 0 heterocycles. The van der Waals surface area contributed by atoms with Gasteiger partial charge in [0.25, 0.3) is 0 Å². The summed E-state index contributed by atoms with van der Waals surface area (Å²) in [5.74, 6) is -2.99. The van der Waals surface area contributed by atoms with Gasteiger partial charge in [-0.3, -0.25) is 9.59 Å². The molecule has 0 atom stereocenters. The van der Waals surface area contributed by atoms with Crippen LogP contribution < -0.4 is 10.2 Å². The van der Waals surface area contributed by atoms with Crippen LogP contribution in [-0.2, 0) is 25.3 Å². The molecule has 0 aromatic heterocycles. The van der Waals surface area contributed by atoms with Crippen LogP contribution in [0.5, 0.6) is 0 Å². The molecule has 0 bridgehead atoms. The molecule has 8 nitrogen and oxygen atoms in total. The zero-order chi connectivity index (χ0) is 24.3. The summed E-state index contributed by atoms with van der Waals surface area (Å²) in [5, 5.41) is 19.8. The molecule has 0 aromatic carbocycles. The summed E-state index contributed by atoms with van der Waals surface area (Å²) in [5.41, 5.74) is 0. The predicted octanol–water partition coefficient (Wildman–Crippen LogP) is 1.93. The van der Waals surface area contributed by atoms with Crippen LogP contribution in [0.2, 0.25) is 0 Å². The molecule has 0 aliphatic rings. The van der Waals surface area contributed by atoms with Crippen LogP contribution in [0.3, 0.4) is 0 Å². The second-order valence-electron chi connectivity index (χ2n) is 6.87. The van der Waals surface area contributed by atoms with Gasteiger partial charge in [-0.15, -0.1) is 0 Å². The molecule has 0 aliphatic carbocycles. The number of aliphatic carboxylic acids is 2. The third kappa shape index (κ3) is 40.0. The second-order valence-corrected chi connectivity index (χ2v) is 8.99. The fraction of sp³-hybridized carbons (Fsp3) is 0.818. The predicted molar refractivity (Wildman–Crippen MR) is 116 cm³/mol.